The second kappa shape index (κ2) is 9.31. The van der Waals surface area contributed by atoms with Crippen LogP contribution in [0.5, 0.6) is 0 Å². The van der Waals surface area contributed by atoms with Crippen molar-refractivity contribution in [1.29, 1.82) is 0 Å². The molecule has 2 N–H and O–H groups in total. The Balaban J connectivity index is 1.13. The van der Waals surface area contributed by atoms with Gasteiger partial charge in [-0.25, -0.2) is 0 Å². The quantitative estimate of drug-likeness (QED) is 0.485. The predicted molar refractivity (Wildman–Crippen MR) is 146 cm³/mol. The average molecular weight is 512 g/mol. The number of rotatable bonds is 4. The highest BCUT2D eigenvalue weighted by molar-refractivity contribution is 8.00. The Hall–Kier alpha value is -1.04. The van der Waals surface area contributed by atoms with Crippen molar-refractivity contribution in [1.82, 2.24) is 0 Å². The Bertz CT molecular complexity index is 1000. The lowest BCUT2D eigenvalue weighted by atomic mass is 9.43. The van der Waals surface area contributed by atoms with Crippen LogP contribution in [-0.2, 0) is 4.79 Å². The zero-order valence-corrected chi connectivity index (χ0v) is 23.2. The van der Waals surface area contributed by atoms with Gasteiger partial charge in [0.2, 0.25) is 5.91 Å². The lowest BCUT2D eigenvalue weighted by Gasteiger charge is -2.62. The fourth-order valence-electron chi connectivity index (χ4n) is 10.1. The summed E-state index contributed by atoms with van der Waals surface area (Å²) in [7, 11) is 0. The van der Waals surface area contributed by atoms with Gasteiger partial charge < -0.3 is 15.1 Å². The molecule has 36 heavy (non-hydrogen) atoms. The summed E-state index contributed by atoms with van der Waals surface area (Å²) < 4.78 is 0. The predicted octanol–water partition coefficient (Wildman–Crippen LogP) is 6.49. The fraction of sp³-hybridized carbons (Fsp3) is 0.774. The van der Waals surface area contributed by atoms with Gasteiger partial charge in [-0.05, 0) is 116 Å². The average Bonchev–Trinajstić information content (AvgIpc) is 3.44. The third kappa shape index (κ3) is 3.90. The van der Waals surface area contributed by atoms with Gasteiger partial charge in [-0.15, -0.1) is 11.8 Å². The molecule has 1 aromatic carbocycles. The third-order valence-electron chi connectivity index (χ3n) is 12.0. The molecule has 4 saturated carbocycles. The second-order valence-corrected chi connectivity index (χ2v) is 14.5. The molecule has 0 radical (unpaired) electrons. The van der Waals surface area contributed by atoms with Crippen LogP contribution in [0.4, 0.5) is 5.69 Å². The SMILES string of the molecule is C[C@H](CCC(=O)N1CSc2ccccc21)[C@H]1CC[C@H]2[C@@H]3[C@H](O)C[C@@H]4C[C@H](O)CC[C@]4(C)[C@H]3CC[C@]12C. The number of para-hydroxylation sites is 1. The molecule has 0 spiro atoms. The van der Waals surface area contributed by atoms with Crippen LogP contribution < -0.4 is 4.90 Å². The van der Waals surface area contributed by atoms with Gasteiger partial charge >= 0.3 is 0 Å². The first-order chi connectivity index (χ1) is 17.2. The summed E-state index contributed by atoms with van der Waals surface area (Å²) in [6, 6.07) is 8.27. The number of fused-ring (bicyclic) bond motifs is 6. The van der Waals surface area contributed by atoms with Crippen molar-refractivity contribution < 1.29 is 15.0 Å². The van der Waals surface area contributed by atoms with Crippen LogP contribution in [0.2, 0.25) is 0 Å². The van der Waals surface area contributed by atoms with E-state index in [9.17, 15) is 15.0 Å². The van der Waals surface area contributed by atoms with Crippen LogP contribution in [0.1, 0.15) is 85.0 Å². The first-order valence-corrected chi connectivity index (χ1v) is 15.6. The van der Waals surface area contributed by atoms with Crippen molar-refractivity contribution in [2.24, 2.45) is 46.3 Å². The second-order valence-electron chi connectivity index (χ2n) is 13.5. The van der Waals surface area contributed by atoms with E-state index in [1.807, 2.05) is 11.0 Å². The van der Waals surface area contributed by atoms with Crippen molar-refractivity contribution in [2.75, 3.05) is 10.8 Å². The number of benzene rings is 1. The van der Waals surface area contributed by atoms with Crippen molar-refractivity contribution in [3.63, 3.8) is 0 Å². The normalized spacial score (nSPS) is 44.4. The lowest BCUT2D eigenvalue weighted by molar-refractivity contribution is -0.174. The summed E-state index contributed by atoms with van der Waals surface area (Å²) in [6.07, 6.45) is 9.98. The molecule has 1 heterocycles. The molecule has 198 valence electrons. The molecule has 10 atom stereocenters. The van der Waals surface area contributed by atoms with Gasteiger partial charge in [0, 0.05) is 11.3 Å². The molecular formula is C31H45NO3S. The van der Waals surface area contributed by atoms with E-state index in [2.05, 4.69) is 39.0 Å². The minimum Gasteiger partial charge on any atom is -0.393 e. The summed E-state index contributed by atoms with van der Waals surface area (Å²) in [5.74, 6) is 4.26. The Morgan fingerprint density at radius 1 is 1.06 bits per heavy atom. The number of amides is 1. The molecule has 1 aliphatic heterocycles. The molecule has 1 amide bonds. The Kier molecular flexibility index (Phi) is 6.53. The lowest BCUT2D eigenvalue weighted by Crippen LogP contribution is -2.58. The van der Waals surface area contributed by atoms with E-state index in [-0.39, 0.29) is 28.9 Å². The summed E-state index contributed by atoms with van der Waals surface area (Å²) in [5.41, 5.74) is 1.64. The van der Waals surface area contributed by atoms with Crippen molar-refractivity contribution in [3.8, 4) is 0 Å². The van der Waals surface area contributed by atoms with Gasteiger partial charge in [-0.1, -0.05) is 32.9 Å². The number of carbonyl (C=O) groups excluding carboxylic acids is 1. The van der Waals surface area contributed by atoms with Gasteiger partial charge in [0.15, 0.2) is 0 Å². The number of aliphatic hydroxyl groups excluding tert-OH is 2. The molecule has 1 aromatic rings. The number of aliphatic hydroxyl groups is 2. The van der Waals surface area contributed by atoms with Gasteiger partial charge in [0.05, 0.1) is 23.8 Å². The third-order valence-corrected chi connectivity index (χ3v) is 13.1. The molecule has 4 nitrogen and oxygen atoms in total. The number of hydrogen-bond acceptors (Lipinski definition) is 4. The van der Waals surface area contributed by atoms with E-state index >= 15 is 0 Å². The van der Waals surface area contributed by atoms with Crippen LogP contribution in [0, 0.1) is 46.3 Å². The van der Waals surface area contributed by atoms with Gasteiger partial charge in [-0.3, -0.25) is 4.79 Å². The minimum absolute atomic E-state index is 0.173. The largest absolute Gasteiger partial charge is 0.393 e. The topological polar surface area (TPSA) is 60.8 Å². The maximum Gasteiger partial charge on any atom is 0.227 e. The number of carbonyl (C=O) groups is 1. The number of hydrogen-bond donors (Lipinski definition) is 2. The fourth-order valence-corrected chi connectivity index (χ4v) is 11.1. The molecule has 0 aromatic heterocycles. The standard InChI is InChI=1S/C31H45NO3S/c1-19(8-11-28(35)32-18-36-27-7-5-4-6-25(27)32)22-9-10-23-29-24(13-15-31(22,23)3)30(2)14-12-21(33)16-20(30)17-26(29)34/h4-7,19-24,26,29,33-34H,8-18H2,1-3H3/t19-,20+,21-,22-,23+,24+,26-,29+,30+,31-/m1/s1. The monoisotopic (exact) mass is 511 g/mol. The molecule has 6 rings (SSSR count). The minimum atomic E-state index is -0.216. The van der Waals surface area contributed by atoms with Crippen molar-refractivity contribution >= 4 is 23.4 Å². The highest BCUT2D eigenvalue weighted by Crippen LogP contribution is 2.68. The zero-order chi connectivity index (χ0) is 25.2. The molecule has 5 heteroatoms. The highest BCUT2D eigenvalue weighted by atomic mass is 32.2. The van der Waals surface area contributed by atoms with Crippen LogP contribution in [0.3, 0.4) is 0 Å². The van der Waals surface area contributed by atoms with Crippen LogP contribution in [0.25, 0.3) is 0 Å². The van der Waals surface area contributed by atoms with Crippen molar-refractivity contribution in [3.05, 3.63) is 24.3 Å². The van der Waals surface area contributed by atoms with Gasteiger partial charge in [-0.2, -0.15) is 0 Å². The Labute approximate surface area is 221 Å². The molecule has 0 saturated heterocycles. The highest BCUT2D eigenvalue weighted by Gasteiger charge is 2.62. The van der Waals surface area contributed by atoms with Gasteiger partial charge in [0.25, 0.3) is 0 Å². The number of nitrogens with zero attached hydrogens (tertiary/aromatic N) is 1. The van der Waals surface area contributed by atoms with Crippen LogP contribution >= 0.6 is 11.8 Å². The van der Waals surface area contributed by atoms with Gasteiger partial charge in [0.1, 0.15) is 0 Å². The van der Waals surface area contributed by atoms with E-state index in [0.717, 1.165) is 43.7 Å². The summed E-state index contributed by atoms with van der Waals surface area (Å²) >= 11 is 1.76. The molecular weight excluding hydrogens is 466 g/mol. The molecule has 4 aliphatic carbocycles. The summed E-state index contributed by atoms with van der Waals surface area (Å²) in [6.45, 7) is 7.41. The first-order valence-electron chi connectivity index (χ1n) is 14.6. The maximum atomic E-state index is 13.2. The smallest absolute Gasteiger partial charge is 0.227 e. The first kappa shape index (κ1) is 25.2. The number of thioether (sulfide) groups is 1. The number of anilines is 1. The van der Waals surface area contributed by atoms with Crippen LogP contribution in [0.15, 0.2) is 29.2 Å². The Morgan fingerprint density at radius 3 is 2.64 bits per heavy atom. The van der Waals surface area contributed by atoms with E-state index < -0.39 is 0 Å². The van der Waals surface area contributed by atoms with E-state index in [1.54, 1.807) is 11.8 Å². The molecule has 0 unspecified atom stereocenters. The zero-order valence-electron chi connectivity index (χ0n) is 22.4. The molecule has 5 aliphatic rings. The van der Waals surface area contributed by atoms with E-state index in [0.29, 0.717) is 41.9 Å². The summed E-state index contributed by atoms with van der Waals surface area (Å²) in [4.78, 5) is 16.4. The van der Waals surface area contributed by atoms with Crippen molar-refractivity contribution in [2.45, 2.75) is 102 Å². The Morgan fingerprint density at radius 2 is 1.81 bits per heavy atom. The maximum absolute atomic E-state index is 13.2. The van der Waals surface area contributed by atoms with E-state index in [1.165, 1.54) is 30.6 Å². The summed E-state index contributed by atoms with van der Waals surface area (Å²) in [5, 5.41) is 21.8. The molecule has 4 fully saturated rings. The van der Waals surface area contributed by atoms with Crippen LogP contribution in [-0.4, -0.2) is 34.2 Å². The van der Waals surface area contributed by atoms with E-state index in [4.69, 9.17) is 0 Å². The molecule has 0 bridgehead atoms.